The second kappa shape index (κ2) is 6.49. The molecule has 6 nitrogen and oxygen atoms in total. The Labute approximate surface area is 117 Å². The first-order valence-corrected chi connectivity index (χ1v) is 6.53. The average molecular weight is 277 g/mol. The fourth-order valence-corrected chi connectivity index (χ4v) is 2.15. The van der Waals surface area contributed by atoms with Crippen molar-refractivity contribution in [3.63, 3.8) is 0 Å². The van der Waals surface area contributed by atoms with Gasteiger partial charge in [0.05, 0.1) is 12.1 Å². The van der Waals surface area contributed by atoms with Crippen molar-refractivity contribution >= 4 is 23.2 Å². The molecule has 108 valence electrons. The SMILES string of the molecule is COC1CNC(C(=O)Nc2ccc(NC(C)=O)cc2)C1. The number of rotatable bonds is 4. The van der Waals surface area contributed by atoms with Crippen molar-refractivity contribution < 1.29 is 14.3 Å². The lowest BCUT2D eigenvalue weighted by molar-refractivity contribution is -0.118. The number of amides is 2. The van der Waals surface area contributed by atoms with Crippen molar-refractivity contribution in [1.29, 1.82) is 0 Å². The first kappa shape index (κ1) is 14.5. The van der Waals surface area contributed by atoms with Crippen LogP contribution in [0.5, 0.6) is 0 Å². The third-order valence-electron chi connectivity index (χ3n) is 3.21. The Balaban J connectivity index is 1.90. The van der Waals surface area contributed by atoms with Crippen LogP contribution in [-0.4, -0.2) is 37.6 Å². The highest BCUT2D eigenvalue weighted by Gasteiger charge is 2.29. The van der Waals surface area contributed by atoms with Crippen LogP contribution in [-0.2, 0) is 14.3 Å². The van der Waals surface area contributed by atoms with E-state index < -0.39 is 0 Å². The summed E-state index contributed by atoms with van der Waals surface area (Å²) in [7, 11) is 1.65. The van der Waals surface area contributed by atoms with Crippen LogP contribution >= 0.6 is 0 Å². The summed E-state index contributed by atoms with van der Waals surface area (Å²) in [5.41, 5.74) is 1.40. The Bertz CT molecular complexity index is 487. The van der Waals surface area contributed by atoms with E-state index in [1.54, 1.807) is 31.4 Å². The highest BCUT2D eigenvalue weighted by atomic mass is 16.5. The normalized spacial score (nSPS) is 21.5. The first-order chi connectivity index (χ1) is 9.58. The van der Waals surface area contributed by atoms with Gasteiger partial charge in [-0.2, -0.15) is 0 Å². The highest BCUT2D eigenvalue weighted by Crippen LogP contribution is 2.16. The zero-order valence-corrected chi connectivity index (χ0v) is 11.6. The molecule has 1 aliphatic heterocycles. The van der Waals surface area contributed by atoms with Crippen molar-refractivity contribution in [3.05, 3.63) is 24.3 Å². The summed E-state index contributed by atoms with van der Waals surface area (Å²) in [5.74, 6) is -0.195. The molecule has 1 fully saturated rings. The maximum atomic E-state index is 12.0. The van der Waals surface area contributed by atoms with Gasteiger partial charge in [0.25, 0.3) is 0 Å². The Morgan fingerprint density at radius 2 is 1.80 bits per heavy atom. The topological polar surface area (TPSA) is 79.5 Å². The van der Waals surface area contributed by atoms with E-state index >= 15 is 0 Å². The van der Waals surface area contributed by atoms with Gasteiger partial charge in [0.2, 0.25) is 11.8 Å². The average Bonchev–Trinajstić information content (AvgIpc) is 2.89. The number of benzene rings is 1. The van der Waals surface area contributed by atoms with Crippen molar-refractivity contribution in [2.45, 2.75) is 25.5 Å². The summed E-state index contributed by atoms with van der Waals surface area (Å²) in [6.45, 7) is 2.14. The zero-order chi connectivity index (χ0) is 14.5. The lowest BCUT2D eigenvalue weighted by atomic mass is 10.2. The molecular formula is C14H19N3O3. The van der Waals surface area contributed by atoms with E-state index in [4.69, 9.17) is 4.74 Å². The summed E-state index contributed by atoms with van der Waals surface area (Å²) in [6.07, 6.45) is 0.764. The summed E-state index contributed by atoms with van der Waals surface area (Å²) in [6, 6.07) is 6.78. The number of anilines is 2. The van der Waals surface area contributed by atoms with Gasteiger partial charge in [-0.3, -0.25) is 9.59 Å². The molecule has 0 aromatic heterocycles. The molecule has 2 rings (SSSR count). The second-order valence-electron chi connectivity index (χ2n) is 4.80. The van der Waals surface area contributed by atoms with Gasteiger partial charge in [-0.1, -0.05) is 0 Å². The van der Waals surface area contributed by atoms with Crippen molar-refractivity contribution in [2.75, 3.05) is 24.3 Å². The van der Waals surface area contributed by atoms with Crippen LogP contribution in [0, 0.1) is 0 Å². The van der Waals surface area contributed by atoms with Gasteiger partial charge in [0.1, 0.15) is 0 Å². The molecule has 2 unspecified atom stereocenters. The number of hydrogen-bond donors (Lipinski definition) is 3. The summed E-state index contributed by atoms with van der Waals surface area (Å²) in [4.78, 5) is 22.9. The molecule has 0 saturated carbocycles. The molecule has 0 aliphatic carbocycles. The minimum atomic E-state index is -0.227. The molecule has 1 heterocycles. The molecule has 1 saturated heterocycles. The van der Waals surface area contributed by atoms with Crippen LogP contribution < -0.4 is 16.0 Å². The number of methoxy groups -OCH3 is 1. The van der Waals surface area contributed by atoms with Gasteiger partial charge in [0, 0.05) is 32.0 Å². The van der Waals surface area contributed by atoms with E-state index in [2.05, 4.69) is 16.0 Å². The molecule has 1 aromatic rings. The zero-order valence-electron chi connectivity index (χ0n) is 11.6. The molecular weight excluding hydrogens is 258 g/mol. The summed E-state index contributed by atoms with van der Waals surface area (Å²) < 4.78 is 5.21. The molecule has 1 aliphatic rings. The number of carbonyl (C=O) groups is 2. The maximum Gasteiger partial charge on any atom is 0.241 e. The monoisotopic (exact) mass is 277 g/mol. The Morgan fingerprint density at radius 3 is 2.30 bits per heavy atom. The molecule has 1 aromatic carbocycles. The summed E-state index contributed by atoms with van der Waals surface area (Å²) in [5, 5.41) is 8.63. The van der Waals surface area contributed by atoms with Crippen LogP contribution in [0.2, 0.25) is 0 Å². The van der Waals surface area contributed by atoms with Crippen LogP contribution in [0.1, 0.15) is 13.3 Å². The van der Waals surface area contributed by atoms with Crippen LogP contribution in [0.25, 0.3) is 0 Å². The minimum Gasteiger partial charge on any atom is -0.380 e. The van der Waals surface area contributed by atoms with E-state index in [1.165, 1.54) is 6.92 Å². The van der Waals surface area contributed by atoms with Crippen molar-refractivity contribution in [3.8, 4) is 0 Å². The van der Waals surface area contributed by atoms with E-state index in [-0.39, 0.29) is 24.0 Å². The standard InChI is InChI=1S/C14H19N3O3/c1-9(18)16-10-3-5-11(6-4-10)17-14(19)13-7-12(20-2)8-15-13/h3-6,12-13,15H,7-8H2,1-2H3,(H,16,18)(H,17,19). The molecule has 2 atom stereocenters. The lowest BCUT2D eigenvalue weighted by Gasteiger charge is -2.11. The van der Waals surface area contributed by atoms with Gasteiger partial charge in [-0.25, -0.2) is 0 Å². The van der Waals surface area contributed by atoms with Crippen LogP contribution in [0.15, 0.2) is 24.3 Å². The van der Waals surface area contributed by atoms with Gasteiger partial charge in [0.15, 0.2) is 0 Å². The summed E-state index contributed by atoms with van der Waals surface area (Å²) >= 11 is 0. The van der Waals surface area contributed by atoms with Crippen LogP contribution in [0.3, 0.4) is 0 Å². The molecule has 2 amide bonds. The third kappa shape index (κ3) is 3.79. The van der Waals surface area contributed by atoms with E-state index in [0.29, 0.717) is 24.3 Å². The number of carbonyl (C=O) groups excluding carboxylic acids is 2. The third-order valence-corrected chi connectivity index (χ3v) is 3.21. The van der Waals surface area contributed by atoms with Gasteiger partial charge in [-0.15, -0.1) is 0 Å². The fraction of sp³-hybridized carbons (Fsp3) is 0.429. The molecule has 0 bridgehead atoms. The smallest absolute Gasteiger partial charge is 0.241 e. The van der Waals surface area contributed by atoms with Gasteiger partial charge < -0.3 is 20.7 Å². The maximum absolute atomic E-state index is 12.0. The fourth-order valence-electron chi connectivity index (χ4n) is 2.15. The molecule has 3 N–H and O–H groups in total. The van der Waals surface area contributed by atoms with E-state index in [9.17, 15) is 9.59 Å². The van der Waals surface area contributed by atoms with Crippen molar-refractivity contribution in [1.82, 2.24) is 5.32 Å². The molecule has 6 heteroatoms. The Morgan fingerprint density at radius 1 is 1.20 bits per heavy atom. The highest BCUT2D eigenvalue weighted by molar-refractivity contribution is 5.95. The number of ether oxygens (including phenoxy) is 1. The van der Waals surface area contributed by atoms with Gasteiger partial charge in [-0.05, 0) is 30.7 Å². The number of hydrogen-bond acceptors (Lipinski definition) is 4. The molecule has 20 heavy (non-hydrogen) atoms. The predicted molar refractivity (Wildman–Crippen MR) is 76.6 cm³/mol. The predicted octanol–water partition coefficient (Wildman–Crippen LogP) is 0.960. The second-order valence-corrected chi connectivity index (χ2v) is 4.80. The van der Waals surface area contributed by atoms with Crippen molar-refractivity contribution in [2.24, 2.45) is 0 Å². The minimum absolute atomic E-state index is 0.0724. The van der Waals surface area contributed by atoms with E-state index in [0.717, 1.165) is 0 Å². The Kier molecular flexibility index (Phi) is 4.70. The van der Waals surface area contributed by atoms with Crippen LogP contribution in [0.4, 0.5) is 11.4 Å². The molecule has 0 radical (unpaired) electrons. The quantitative estimate of drug-likeness (QED) is 0.766. The largest absolute Gasteiger partial charge is 0.380 e. The van der Waals surface area contributed by atoms with E-state index in [1.807, 2.05) is 0 Å². The Hall–Kier alpha value is -1.92. The number of nitrogens with one attached hydrogen (secondary N) is 3. The first-order valence-electron chi connectivity index (χ1n) is 6.53. The van der Waals surface area contributed by atoms with Gasteiger partial charge >= 0.3 is 0 Å². The lowest BCUT2D eigenvalue weighted by Crippen LogP contribution is -2.35. The molecule has 0 spiro atoms.